The van der Waals surface area contributed by atoms with Gasteiger partial charge in [0.2, 0.25) is 0 Å². The standard InChI is InChI=1S/C15H25BOS/c1-11(18)14(2)8-4-5-12-6-10-15(3,16)17-13(12)7-9-14/h6,10-11,18H,4-5,7-9,16H2,1-3H3. The Morgan fingerprint density at radius 3 is 2.72 bits per heavy atom. The predicted molar refractivity (Wildman–Crippen MR) is 83.8 cm³/mol. The Bertz CT molecular complexity index is 384. The molecule has 1 nitrogen and oxygen atoms in total. The van der Waals surface area contributed by atoms with Crippen LogP contribution in [0.4, 0.5) is 0 Å². The molecule has 0 bridgehead atoms. The number of rotatable bonds is 1. The van der Waals surface area contributed by atoms with E-state index in [0.29, 0.717) is 10.7 Å². The summed E-state index contributed by atoms with van der Waals surface area (Å²) in [5.74, 6) is 1.22. The summed E-state index contributed by atoms with van der Waals surface area (Å²) in [6.45, 7) is 6.73. The van der Waals surface area contributed by atoms with Gasteiger partial charge in [0.05, 0.1) is 11.3 Å². The molecule has 0 amide bonds. The summed E-state index contributed by atoms with van der Waals surface area (Å²) >= 11 is 4.69. The summed E-state index contributed by atoms with van der Waals surface area (Å²) in [5, 5.41) is 0.451. The Morgan fingerprint density at radius 1 is 1.33 bits per heavy atom. The Kier molecular flexibility index (Phi) is 3.92. The topological polar surface area (TPSA) is 9.23 Å². The van der Waals surface area contributed by atoms with Gasteiger partial charge in [-0.15, -0.1) is 0 Å². The van der Waals surface area contributed by atoms with Crippen LogP contribution in [0.2, 0.25) is 0 Å². The molecule has 0 radical (unpaired) electrons. The number of thiol groups is 1. The minimum atomic E-state index is -0.138. The van der Waals surface area contributed by atoms with Gasteiger partial charge in [0.15, 0.2) is 7.85 Å². The molecule has 0 aromatic heterocycles. The highest BCUT2D eigenvalue weighted by Gasteiger charge is 2.32. The molecule has 3 unspecified atom stereocenters. The predicted octanol–water partition coefficient (Wildman–Crippen LogP) is 3.46. The highest BCUT2D eigenvalue weighted by Crippen LogP contribution is 2.42. The van der Waals surface area contributed by atoms with Gasteiger partial charge in [-0.1, -0.05) is 26.0 Å². The van der Waals surface area contributed by atoms with E-state index in [2.05, 4.69) is 40.8 Å². The molecule has 0 spiro atoms. The molecule has 1 aliphatic carbocycles. The van der Waals surface area contributed by atoms with E-state index in [4.69, 9.17) is 17.4 Å². The summed E-state index contributed by atoms with van der Waals surface area (Å²) in [6, 6.07) is 0. The lowest BCUT2D eigenvalue weighted by Gasteiger charge is -2.38. The fourth-order valence-corrected chi connectivity index (χ4v) is 3.13. The van der Waals surface area contributed by atoms with E-state index >= 15 is 0 Å². The molecule has 1 aliphatic heterocycles. The van der Waals surface area contributed by atoms with E-state index in [1.54, 1.807) is 0 Å². The molecule has 18 heavy (non-hydrogen) atoms. The highest BCUT2D eigenvalue weighted by atomic mass is 32.1. The second kappa shape index (κ2) is 4.99. The van der Waals surface area contributed by atoms with Crippen LogP contribution in [0.25, 0.3) is 0 Å². The van der Waals surface area contributed by atoms with Gasteiger partial charge in [0.25, 0.3) is 0 Å². The van der Waals surface area contributed by atoms with Gasteiger partial charge in [-0.05, 0) is 43.6 Å². The number of ether oxygens (including phenoxy) is 1. The highest BCUT2D eigenvalue weighted by molar-refractivity contribution is 7.81. The first-order valence-electron chi connectivity index (χ1n) is 7.11. The van der Waals surface area contributed by atoms with E-state index in [9.17, 15) is 0 Å². The van der Waals surface area contributed by atoms with Crippen molar-refractivity contribution in [3.8, 4) is 0 Å². The first-order valence-corrected chi connectivity index (χ1v) is 7.62. The van der Waals surface area contributed by atoms with Gasteiger partial charge < -0.3 is 4.74 Å². The van der Waals surface area contributed by atoms with E-state index in [1.165, 1.54) is 30.6 Å². The van der Waals surface area contributed by atoms with Crippen molar-refractivity contribution in [3.63, 3.8) is 0 Å². The summed E-state index contributed by atoms with van der Waals surface area (Å²) < 4.78 is 6.15. The molecule has 0 N–H and O–H groups in total. The molecule has 2 rings (SSSR count). The van der Waals surface area contributed by atoms with Crippen molar-refractivity contribution >= 4 is 20.5 Å². The molecule has 2 aliphatic rings. The normalized spacial score (nSPS) is 38.4. The van der Waals surface area contributed by atoms with E-state index in [1.807, 2.05) is 0 Å². The molecule has 0 aromatic carbocycles. The van der Waals surface area contributed by atoms with Crippen molar-refractivity contribution in [2.45, 2.75) is 63.6 Å². The van der Waals surface area contributed by atoms with Crippen LogP contribution in [0.3, 0.4) is 0 Å². The van der Waals surface area contributed by atoms with Gasteiger partial charge in [-0.2, -0.15) is 12.6 Å². The van der Waals surface area contributed by atoms with Crippen molar-refractivity contribution in [1.82, 2.24) is 0 Å². The van der Waals surface area contributed by atoms with Gasteiger partial charge in [0.1, 0.15) is 0 Å². The first-order chi connectivity index (χ1) is 8.32. The quantitative estimate of drug-likeness (QED) is 0.563. The molecule has 0 saturated heterocycles. The molecular weight excluding hydrogens is 239 g/mol. The maximum atomic E-state index is 6.15. The lowest BCUT2D eigenvalue weighted by Crippen LogP contribution is -2.32. The average Bonchev–Trinajstić information content (AvgIpc) is 2.26. The van der Waals surface area contributed by atoms with Crippen molar-refractivity contribution < 1.29 is 4.74 Å². The van der Waals surface area contributed by atoms with Crippen LogP contribution < -0.4 is 0 Å². The van der Waals surface area contributed by atoms with Crippen LogP contribution in [0, 0.1) is 5.41 Å². The Labute approximate surface area is 118 Å². The molecule has 100 valence electrons. The third kappa shape index (κ3) is 2.99. The molecule has 0 fully saturated rings. The number of hydrogen-bond donors (Lipinski definition) is 1. The average molecular weight is 264 g/mol. The zero-order chi connectivity index (χ0) is 13.4. The van der Waals surface area contributed by atoms with Crippen LogP contribution in [0.5, 0.6) is 0 Å². The van der Waals surface area contributed by atoms with E-state index < -0.39 is 0 Å². The maximum Gasteiger partial charge on any atom is 0.163 e. The lowest BCUT2D eigenvalue weighted by atomic mass is 9.74. The second-order valence-electron chi connectivity index (χ2n) is 6.67. The third-order valence-electron chi connectivity index (χ3n) is 4.56. The number of allylic oxidation sites excluding steroid dienone is 3. The van der Waals surface area contributed by atoms with Gasteiger partial charge >= 0.3 is 0 Å². The monoisotopic (exact) mass is 264 g/mol. The van der Waals surface area contributed by atoms with Crippen LogP contribution in [0.15, 0.2) is 23.5 Å². The van der Waals surface area contributed by atoms with Crippen molar-refractivity contribution in [3.05, 3.63) is 23.5 Å². The van der Waals surface area contributed by atoms with Crippen LogP contribution in [0.1, 0.15) is 52.9 Å². The summed E-state index contributed by atoms with van der Waals surface area (Å²) in [4.78, 5) is 0. The zero-order valence-electron chi connectivity index (χ0n) is 12.1. The molecule has 0 aromatic rings. The minimum absolute atomic E-state index is 0.138. The van der Waals surface area contributed by atoms with Crippen molar-refractivity contribution in [2.24, 2.45) is 5.41 Å². The van der Waals surface area contributed by atoms with E-state index in [-0.39, 0.29) is 5.50 Å². The van der Waals surface area contributed by atoms with Gasteiger partial charge in [-0.25, -0.2) is 0 Å². The zero-order valence-corrected chi connectivity index (χ0v) is 13.0. The summed E-state index contributed by atoms with van der Waals surface area (Å²) in [5.41, 5.74) is 1.63. The Balaban J connectivity index is 2.16. The second-order valence-corrected chi connectivity index (χ2v) is 7.45. The lowest BCUT2D eigenvalue weighted by molar-refractivity contribution is 0.106. The van der Waals surface area contributed by atoms with Crippen LogP contribution >= 0.6 is 12.6 Å². The Morgan fingerprint density at radius 2 is 2.06 bits per heavy atom. The summed E-state index contributed by atoms with van der Waals surface area (Å²) in [7, 11) is 2.13. The fraction of sp³-hybridized carbons (Fsp3) is 0.733. The first kappa shape index (κ1) is 14.1. The number of hydrogen-bond acceptors (Lipinski definition) is 2. The maximum absolute atomic E-state index is 6.15. The smallest absolute Gasteiger partial charge is 0.163 e. The van der Waals surface area contributed by atoms with Gasteiger partial charge in [-0.3, -0.25) is 0 Å². The minimum Gasteiger partial charge on any atom is -0.497 e. The molecule has 0 saturated carbocycles. The molecule has 3 atom stereocenters. The van der Waals surface area contributed by atoms with Crippen molar-refractivity contribution in [2.75, 3.05) is 0 Å². The Hall–Kier alpha value is -0.305. The molecule has 3 heteroatoms. The molecular formula is C15H25BOS. The SMILES string of the molecule is BC1(C)C=CC2=C(CCC(C)(C(C)S)CCC2)O1. The third-order valence-corrected chi connectivity index (χ3v) is 5.18. The fourth-order valence-electron chi connectivity index (χ4n) is 2.87. The molecule has 1 heterocycles. The van der Waals surface area contributed by atoms with Gasteiger partial charge in [0, 0.05) is 11.7 Å². The van der Waals surface area contributed by atoms with Crippen LogP contribution in [-0.4, -0.2) is 18.6 Å². The van der Waals surface area contributed by atoms with Crippen molar-refractivity contribution in [1.29, 1.82) is 0 Å². The van der Waals surface area contributed by atoms with Crippen LogP contribution in [-0.2, 0) is 4.74 Å². The summed E-state index contributed by atoms with van der Waals surface area (Å²) in [6.07, 6.45) is 10.4. The van der Waals surface area contributed by atoms with E-state index in [0.717, 1.165) is 12.8 Å². The largest absolute Gasteiger partial charge is 0.497 e.